The predicted molar refractivity (Wildman–Crippen MR) is 111 cm³/mol. The molecule has 2 aromatic carbocycles. The number of ether oxygens (including phenoxy) is 2. The number of nitrogens with one attached hydrogen (secondary N) is 1. The fourth-order valence-electron chi connectivity index (χ4n) is 3.25. The molecule has 146 valence electrons. The van der Waals surface area contributed by atoms with Gasteiger partial charge in [0.15, 0.2) is 0 Å². The molecule has 0 aliphatic rings. The van der Waals surface area contributed by atoms with Gasteiger partial charge in [0.2, 0.25) is 0 Å². The van der Waals surface area contributed by atoms with Gasteiger partial charge in [-0.1, -0.05) is 42.5 Å². The molecule has 28 heavy (non-hydrogen) atoms. The van der Waals surface area contributed by atoms with Crippen LogP contribution < -0.4 is 10.1 Å². The second-order valence-electron chi connectivity index (χ2n) is 6.38. The third-order valence-electron chi connectivity index (χ3n) is 4.56. The van der Waals surface area contributed by atoms with Gasteiger partial charge in [0.1, 0.15) is 5.75 Å². The minimum absolute atomic E-state index is 0.112. The molecule has 3 aromatic rings. The van der Waals surface area contributed by atoms with Crippen LogP contribution in [-0.4, -0.2) is 37.3 Å². The van der Waals surface area contributed by atoms with Gasteiger partial charge in [-0.25, -0.2) is 0 Å². The summed E-state index contributed by atoms with van der Waals surface area (Å²) in [5.74, 6) is 0.673. The number of para-hydroxylation sites is 2. The zero-order chi connectivity index (χ0) is 19.9. The lowest BCUT2D eigenvalue weighted by atomic mass is 10.1. The van der Waals surface area contributed by atoms with Gasteiger partial charge in [-0.2, -0.15) is 0 Å². The van der Waals surface area contributed by atoms with Gasteiger partial charge in [0, 0.05) is 19.3 Å². The van der Waals surface area contributed by atoms with Crippen LogP contribution in [0.15, 0.2) is 60.7 Å². The van der Waals surface area contributed by atoms with E-state index in [1.807, 2.05) is 74.5 Å². The van der Waals surface area contributed by atoms with Crippen molar-refractivity contribution in [3.63, 3.8) is 0 Å². The number of carbonyl (C=O) groups is 1. The molecule has 5 nitrogen and oxygen atoms in total. The molecule has 0 unspecified atom stereocenters. The van der Waals surface area contributed by atoms with E-state index in [1.165, 1.54) is 0 Å². The van der Waals surface area contributed by atoms with E-state index < -0.39 is 0 Å². The smallest absolute Gasteiger partial charge is 0.253 e. The van der Waals surface area contributed by atoms with E-state index in [2.05, 4.69) is 9.88 Å². The van der Waals surface area contributed by atoms with E-state index in [0.29, 0.717) is 25.3 Å². The zero-order valence-electron chi connectivity index (χ0n) is 16.6. The van der Waals surface area contributed by atoms with Crippen molar-refractivity contribution < 1.29 is 14.3 Å². The van der Waals surface area contributed by atoms with Crippen LogP contribution in [-0.2, 0) is 4.74 Å². The number of benzene rings is 2. The lowest BCUT2D eigenvalue weighted by Crippen LogP contribution is -2.27. The maximum Gasteiger partial charge on any atom is 0.253 e. The molecule has 0 saturated carbocycles. The van der Waals surface area contributed by atoms with Crippen LogP contribution in [0.5, 0.6) is 5.75 Å². The second kappa shape index (κ2) is 9.24. The van der Waals surface area contributed by atoms with Crippen molar-refractivity contribution in [2.24, 2.45) is 0 Å². The predicted octanol–water partition coefficient (Wildman–Crippen LogP) is 4.23. The summed E-state index contributed by atoms with van der Waals surface area (Å²) < 4.78 is 13.0. The summed E-state index contributed by atoms with van der Waals surface area (Å²) in [6.45, 7) is 5.44. The first-order chi connectivity index (χ1) is 13.7. The van der Waals surface area contributed by atoms with E-state index in [1.54, 1.807) is 7.11 Å². The summed E-state index contributed by atoms with van der Waals surface area (Å²) in [5, 5.41) is 2.92. The van der Waals surface area contributed by atoms with Gasteiger partial charge in [-0.15, -0.1) is 0 Å². The molecule has 0 radical (unpaired) electrons. The molecule has 3 rings (SSSR count). The highest BCUT2D eigenvalue weighted by Gasteiger charge is 2.21. The molecule has 1 aromatic heterocycles. The Morgan fingerprint density at radius 2 is 1.79 bits per heavy atom. The molecule has 0 bridgehead atoms. The van der Waals surface area contributed by atoms with Gasteiger partial charge in [-0.3, -0.25) is 4.79 Å². The summed E-state index contributed by atoms with van der Waals surface area (Å²) in [5.41, 5.74) is 4.40. The van der Waals surface area contributed by atoms with E-state index in [4.69, 9.17) is 9.47 Å². The van der Waals surface area contributed by atoms with Crippen molar-refractivity contribution in [2.75, 3.05) is 26.9 Å². The highest BCUT2D eigenvalue weighted by atomic mass is 16.5. The summed E-state index contributed by atoms with van der Waals surface area (Å²) in [4.78, 5) is 12.8. The second-order valence-corrected chi connectivity index (χ2v) is 6.38. The van der Waals surface area contributed by atoms with Gasteiger partial charge in [0.25, 0.3) is 5.91 Å². The Kier molecular flexibility index (Phi) is 6.50. The van der Waals surface area contributed by atoms with Crippen LogP contribution in [0.3, 0.4) is 0 Å². The van der Waals surface area contributed by atoms with Gasteiger partial charge in [0.05, 0.1) is 30.2 Å². The van der Waals surface area contributed by atoms with Crippen molar-refractivity contribution in [2.45, 2.75) is 13.8 Å². The van der Waals surface area contributed by atoms with Crippen LogP contribution in [0.4, 0.5) is 0 Å². The maximum absolute atomic E-state index is 12.8. The Morgan fingerprint density at radius 3 is 2.50 bits per heavy atom. The quantitative estimate of drug-likeness (QED) is 0.597. The highest BCUT2D eigenvalue weighted by molar-refractivity contribution is 5.97. The number of amides is 1. The summed E-state index contributed by atoms with van der Waals surface area (Å²) in [6.07, 6.45) is 0. The summed E-state index contributed by atoms with van der Waals surface area (Å²) in [7, 11) is 1.62. The third-order valence-corrected chi connectivity index (χ3v) is 4.56. The molecular formula is C23H26N2O3. The Morgan fingerprint density at radius 1 is 1.07 bits per heavy atom. The van der Waals surface area contributed by atoms with Gasteiger partial charge < -0.3 is 19.4 Å². The van der Waals surface area contributed by atoms with Gasteiger partial charge >= 0.3 is 0 Å². The standard InChI is InChI=1S/C23H26N2O3/c1-4-28-22-13-9-8-12-20(22)25-17(2)19(23(26)24-14-15-27-3)16-21(25)18-10-6-5-7-11-18/h5-13,16H,4,14-15H2,1-3H3,(H,24,26). The van der Waals surface area contributed by atoms with Crippen molar-refractivity contribution in [3.05, 3.63) is 71.9 Å². The minimum atomic E-state index is -0.112. The van der Waals surface area contributed by atoms with E-state index >= 15 is 0 Å². The van der Waals surface area contributed by atoms with Crippen LogP contribution in [0.2, 0.25) is 0 Å². The average Bonchev–Trinajstić information content (AvgIpc) is 3.06. The fourth-order valence-corrected chi connectivity index (χ4v) is 3.25. The number of rotatable bonds is 8. The normalized spacial score (nSPS) is 10.7. The van der Waals surface area contributed by atoms with Crippen LogP contribution in [0.25, 0.3) is 16.9 Å². The van der Waals surface area contributed by atoms with Crippen LogP contribution in [0, 0.1) is 6.92 Å². The molecule has 1 heterocycles. The Hall–Kier alpha value is -3.05. The number of aromatic nitrogens is 1. The number of carbonyl (C=O) groups excluding carboxylic acids is 1. The number of hydrogen-bond donors (Lipinski definition) is 1. The van der Waals surface area contributed by atoms with Gasteiger partial charge in [-0.05, 0) is 37.6 Å². The first-order valence-corrected chi connectivity index (χ1v) is 9.44. The van der Waals surface area contributed by atoms with Crippen molar-refractivity contribution in [3.8, 4) is 22.7 Å². The van der Waals surface area contributed by atoms with E-state index in [0.717, 1.165) is 28.4 Å². The van der Waals surface area contributed by atoms with Crippen LogP contribution in [0.1, 0.15) is 23.0 Å². The maximum atomic E-state index is 12.8. The summed E-state index contributed by atoms with van der Waals surface area (Å²) >= 11 is 0. The molecule has 0 atom stereocenters. The molecule has 0 aliphatic carbocycles. The first-order valence-electron chi connectivity index (χ1n) is 9.44. The highest BCUT2D eigenvalue weighted by Crippen LogP contribution is 2.33. The molecule has 1 N–H and O–H groups in total. The molecular weight excluding hydrogens is 352 g/mol. The molecule has 1 amide bonds. The Labute approximate surface area is 165 Å². The topological polar surface area (TPSA) is 52.5 Å². The molecule has 0 aliphatic heterocycles. The SMILES string of the molecule is CCOc1ccccc1-n1c(-c2ccccc2)cc(C(=O)NCCOC)c1C. The number of methoxy groups -OCH3 is 1. The molecule has 0 spiro atoms. The minimum Gasteiger partial charge on any atom is -0.492 e. The fraction of sp³-hybridized carbons (Fsp3) is 0.261. The largest absolute Gasteiger partial charge is 0.492 e. The van der Waals surface area contributed by atoms with Crippen LogP contribution >= 0.6 is 0 Å². The van der Waals surface area contributed by atoms with Crippen molar-refractivity contribution in [1.29, 1.82) is 0 Å². The molecule has 0 saturated heterocycles. The Balaban J connectivity index is 2.14. The average molecular weight is 378 g/mol. The third kappa shape index (κ3) is 4.10. The lowest BCUT2D eigenvalue weighted by Gasteiger charge is -2.16. The molecule has 0 fully saturated rings. The number of nitrogens with zero attached hydrogens (tertiary/aromatic N) is 1. The van der Waals surface area contributed by atoms with E-state index in [-0.39, 0.29) is 5.91 Å². The van der Waals surface area contributed by atoms with Crippen molar-refractivity contribution >= 4 is 5.91 Å². The van der Waals surface area contributed by atoms with Crippen molar-refractivity contribution in [1.82, 2.24) is 9.88 Å². The zero-order valence-corrected chi connectivity index (χ0v) is 16.6. The monoisotopic (exact) mass is 378 g/mol. The van der Waals surface area contributed by atoms with E-state index in [9.17, 15) is 4.79 Å². The summed E-state index contributed by atoms with van der Waals surface area (Å²) in [6, 6.07) is 19.9. The molecule has 5 heteroatoms. The first kappa shape index (κ1) is 19.7. The Bertz CT molecular complexity index is 932. The lowest BCUT2D eigenvalue weighted by molar-refractivity contribution is 0.0936. The number of hydrogen-bond acceptors (Lipinski definition) is 3.